The maximum Gasteiger partial charge on any atom is 0.232 e. The molecule has 1 aliphatic heterocycles. The van der Waals surface area contributed by atoms with E-state index >= 15 is 0 Å². The standard InChI is InChI=1S/C13H21N3O2/c1-17-11(9-5-3-2-4-6-9)12-15-13(18-16-12)10-7-14-8-10/h9-11,14H,2-8H2,1H3. The van der Waals surface area contributed by atoms with Gasteiger partial charge < -0.3 is 14.6 Å². The Balaban J connectivity index is 1.71. The minimum absolute atomic E-state index is 0.0100. The second kappa shape index (κ2) is 5.36. The molecule has 1 saturated heterocycles. The first kappa shape index (κ1) is 12.1. The van der Waals surface area contributed by atoms with Gasteiger partial charge in [0.1, 0.15) is 6.10 Å². The second-order valence-electron chi connectivity index (χ2n) is 5.40. The fourth-order valence-corrected chi connectivity index (χ4v) is 2.94. The molecule has 100 valence electrons. The molecule has 1 aliphatic carbocycles. The highest BCUT2D eigenvalue weighted by Gasteiger charge is 2.31. The second-order valence-corrected chi connectivity index (χ2v) is 5.40. The van der Waals surface area contributed by atoms with Crippen molar-refractivity contribution in [3.05, 3.63) is 11.7 Å². The van der Waals surface area contributed by atoms with Crippen LogP contribution in [-0.4, -0.2) is 30.3 Å². The molecule has 1 N–H and O–H groups in total. The summed E-state index contributed by atoms with van der Waals surface area (Å²) in [6.45, 7) is 1.89. The van der Waals surface area contributed by atoms with Crippen molar-refractivity contribution in [2.45, 2.75) is 44.1 Å². The maximum absolute atomic E-state index is 5.62. The van der Waals surface area contributed by atoms with Crippen LogP contribution in [-0.2, 0) is 4.74 Å². The van der Waals surface area contributed by atoms with Crippen molar-refractivity contribution in [1.82, 2.24) is 15.5 Å². The molecule has 2 fully saturated rings. The summed E-state index contributed by atoms with van der Waals surface area (Å²) in [4.78, 5) is 4.54. The van der Waals surface area contributed by atoms with Gasteiger partial charge in [-0.1, -0.05) is 24.4 Å². The van der Waals surface area contributed by atoms with Crippen molar-refractivity contribution in [2.75, 3.05) is 20.2 Å². The van der Waals surface area contributed by atoms with Crippen LogP contribution in [0.2, 0.25) is 0 Å². The van der Waals surface area contributed by atoms with Gasteiger partial charge in [0.25, 0.3) is 0 Å². The number of ether oxygens (including phenoxy) is 1. The number of hydrogen-bond donors (Lipinski definition) is 1. The molecule has 5 heteroatoms. The Hall–Kier alpha value is -0.940. The van der Waals surface area contributed by atoms with Crippen LogP contribution in [0.25, 0.3) is 0 Å². The molecule has 2 aliphatic rings. The summed E-state index contributed by atoms with van der Waals surface area (Å²) in [6, 6.07) is 0. The lowest BCUT2D eigenvalue weighted by atomic mass is 9.85. The van der Waals surface area contributed by atoms with Crippen molar-refractivity contribution in [3.8, 4) is 0 Å². The van der Waals surface area contributed by atoms with Crippen LogP contribution >= 0.6 is 0 Å². The van der Waals surface area contributed by atoms with Gasteiger partial charge in [0.05, 0.1) is 5.92 Å². The van der Waals surface area contributed by atoms with E-state index in [1.54, 1.807) is 7.11 Å². The fraction of sp³-hybridized carbons (Fsp3) is 0.846. The van der Waals surface area contributed by atoms with E-state index in [-0.39, 0.29) is 6.10 Å². The van der Waals surface area contributed by atoms with Gasteiger partial charge in [0.2, 0.25) is 11.7 Å². The smallest absolute Gasteiger partial charge is 0.232 e. The van der Waals surface area contributed by atoms with Gasteiger partial charge in [-0.2, -0.15) is 4.98 Å². The quantitative estimate of drug-likeness (QED) is 0.887. The summed E-state index contributed by atoms with van der Waals surface area (Å²) in [7, 11) is 1.75. The Morgan fingerprint density at radius 2 is 2.06 bits per heavy atom. The molecule has 2 heterocycles. The number of hydrogen-bond acceptors (Lipinski definition) is 5. The van der Waals surface area contributed by atoms with Crippen molar-refractivity contribution >= 4 is 0 Å². The topological polar surface area (TPSA) is 60.2 Å². The van der Waals surface area contributed by atoms with Gasteiger partial charge in [-0.25, -0.2) is 0 Å². The predicted molar refractivity (Wildman–Crippen MR) is 66.2 cm³/mol. The molecular formula is C13H21N3O2. The first-order valence-corrected chi connectivity index (χ1v) is 6.95. The summed E-state index contributed by atoms with van der Waals surface area (Å²) in [5.41, 5.74) is 0. The molecular weight excluding hydrogens is 230 g/mol. The lowest BCUT2D eigenvalue weighted by Crippen LogP contribution is -2.40. The molecule has 0 spiro atoms. The molecule has 0 bridgehead atoms. The Morgan fingerprint density at radius 3 is 2.67 bits per heavy atom. The van der Waals surface area contributed by atoms with Crippen LogP contribution in [0.1, 0.15) is 55.8 Å². The minimum atomic E-state index is 0.0100. The third-order valence-electron chi connectivity index (χ3n) is 4.17. The van der Waals surface area contributed by atoms with Gasteiger partial charge in [-0.15, -0.1) is 0 Å². The van der Waals surface area contributed by atoms with Gasteiger partial charge in [0.15, 0.2) is 0 Å². The summed E-state index contributed by atoms with van der Waals surface area (Å²) < 4.78 is 11.0. The first-order chi connectivity index (χ1) is 8.88. The largest absolute Gasteiger partial charge is 0.373 e. The van der Waals surface area contributed by atoms with E-state index in [0.29, 0.717) is 11.8 Å². The lowest BCUT2D eigenvalue weighted by Gasteiger charge is -2.27. The van der Waals surface area contributed by atoms with Gasteiger partial charge in [-0.3, -0.25) is 0 Å². The van der Waals surface area contributed by atoms with Crippen LogP contribution in [0.3, 0.4) is 0 Å². The molecule has 18 heavy (non-hydrogen) atoms. The van der Waals surface area contributed by atoms with E-state index in [1.807, 2.05) is 0 Å². The molecule has 1 unspecified atom stereocenters. The van der Waals surface area contributed by atoms with Gasteiger partial charge in [-0.05, 0) is 18.8 Å². The molecule has 5 nitrogen and oxygen atoms in total. The normalized spacial score (nSPS) is 23.8. The number of nitrogens with one attached hydrogen (secondary N) is 1. The van der Waals surface area contributed by atoms with Crippen molar-refractivity contribution in [3.63, 3.8) is 0 Å². The Kier molecular flexibility index (Phi) is 3.61. The van der Waals surface area contributed by atoms with E-state index in [9.17, 15) is 0 Å². The molecule has 1 atom stereocenters. The molecule has 3 rings (SSSR count). The molecule has 1 aromatic rings. The van der Waals surface area contributed by atoms with Crippen LogP contribution in [0.4, 0.5) is 0 Å². The minimum Gasteiger partial charge on any atom is -0.373 e. The summed E-state index contributed by atoms with van der Waals surface area (Å²) >= 11 is 0. The number of methoxy groups -OCH3 is 1. The highest BCUT2D eigenvalue weighted by molar-refractivity contribution is 5.03. The lowest BCUT2D eigenvalue weighted by molar-refractivity contribution is 0.0273. The average molecular weight is 251 g/mol. The predicted octanol–water partition coefficient (Wildman–Crippen LogP) is 2.02. The number of nitrogens with zero attached hydrogens (tertiary/aromatic N) is 2. The van der Waals surface area contributed by atoms with Gasteiger partial charge in [0, 0.05) is 20.2 Å². The maximum atomic E-state index is 5.62. The average Bonchev–Trinajstić information content (AvgIpc) is 2.78. The van der Waals surface area contributed by atoms with E-state index in [0.717, 1.165) is 24.8 Å². The van der Waals surface area contributed by atoms with Crippen molar-refractivity contribution in [2.24, 2.45) is 5.92 Å². The zero-order valence-electron chi connectivity index (χ0n) is 10.9. The third kappa shape index (κ3) is 2.29. The van der Waals surface area contributed by atoms with E-state index in [2.05, 4.69) is 15.5 Å². The Labute approximate surface area is 107 Å². The number of aromatic nitrogens is 2. The summed E-state index contributed by atoms with van der Waals surface area (Å²) in [5, 5.41) is 7.34. The van der Waals surface area contributed by atoms with Crippen molar-refractivity contribution in [1.29, 1.82) is 0 Å². The van der Waals surface area contributed by atoms with E-state index in [4.69, 9.17) is 9.26 Å². The Bertz CT molecular complexity index is 383. The molecule has 0 radical (unpaired) electrons. The zero-order valence-corrected chi connectivity index (χ0v) is 10.9. The van der Waals surface area contributed by atoms with Crippen LogP contribution in [0.5, 0.6) is 0 Å². The van der Waals surface area contributed by atoms with Crippen LogP contribution < -0.4 is 5.32 Å². The highest BCUT2D eigenvalue weighted by atomic mass is 16.5. The number of rotatable bonds is 4. The fourth-order valence-electron chi connectivity index (χ4n) is 2.94. The monoisotopic (exact) mass is 251 g/mol. The summed E-state index contributed by atoms with van der Waals surface area (Å²) in [6.07, 6.45) is 6.37. The Morgan fingerprint density at radius 1 is 1.28 bits per heavy atom. The van der Waals surface area contributed by atoms with Crippen molar-refractivity contribution < 1.29 is 9.26 Å². The first-order valence-electron chi connectivity index (χ1n) is 6.95. The molecule has 1 aromatic heterocycles. The molecule has 0 aromatic carbocycles. The zero-order chi connectivity index (χ0) is 12.4. The van der Waals surface area contributed by atoms with Crippen LogP contribution in [0.15, 0.2) is 4.52 Å². The molecule has 1 saturated carbocycles. The van der Waals surface area contributed by atoms with E-state index in [1.165, 1.54) is 32.1 Å². The summed E-state index contributed by atoms with van der Waals surface area (Å²) in [5.74, 6) is 2.46. The van der Waals surface area contributed by atoms with E-state index < -0.39 is 0 Å². The molecule has 0 amide bonds. The third-order valence-corrected chi connectivity index (χ3v) is 4.17. The highest BCUT2D eigenvalue weighted by Crippen LogP contribution is 2.35. The van der Waals surface area contributed by atoms with Gasteiger partial charge >= 0.3 is 0 Å². The van der Waals surface area contributed by atoms with Crippen LogP contribution in [0, 0.1) is 5.92 Å². The SMILES string of the molecule is COC(c1noc(C2CNC2)n1)C1CCCCC1.